The molecule has 0 unspecified atom stereocenters. The Morgan fingerprint density at radius 3 is 1.85 bits per heavy atom. The Hall–Kier alpha value is -7.29. The van der Waals surface area contributed by atoms with E-state index in [4.69, 9.17) is 10.7 Å². The molecular formula is C57H44N2. The van der Waals surface area contributed by atoms with E-state index in [1.165, 1.54) is 60.8 Å². The number of fused-ring (bicyclic) bond motifs is 6. The quantitative estimate of drug-likeness (QED) is 0.154. The molecule has 0 heterocycles. The van der Waals surface area contributed by atoms with Crippen molar-refractivity contribution in [2.75, 3.05) is 0 Å². The Bertz CT molecular complexity index is 3080. The summed E-state index contributed by atoms with van der Waals surface area (Å²) < 4.78 is 0. The number of nitrogens with zero attached hydrogens (tertiary/aromatic N) is 1. The van der Waals surface area contributed by atoms with Crippen LogP contribution < -0.4 is 5.73 Å². The van der Waals surface area contributed by atoms with E-state index in [0.29, 0.717) is 12.2 Å². The molecular weight excluding hydrogens is 713 g/mol. The van der Waals surface area contributed by atoms with Gasteiger partial charge in [-0.1, -0.05) is 208 Å². The highest BCUT2D eigenvalue weighted by Gasteiger charge is 2.38. The summed E-state index contributed by atoms with van der Waals surface area (Å²) in [6, 6.07) is 71.7. The summed E-state index contributed by atoms with van der Waals surface area (Å²) in [5.41, 5.74) is 24.3. The molecule has 0 aromatic heterocycles. The van der Waals surface area contributed by atoms with Gasteiger partial charge in [0.15, 0.2) is 0 Å². The van der Waals surface area contributed by atoms with Gasteiger partial charge in [-0.15, -0.1) is 0 Å². The maximum absolute atomic E-state index is 7.10. The van der Waals surface area contributed by atoms with Crippen molar-refractivity contribution in [2.45, 2.75) is 25.8 Å². The predicted molar refractivity (Wildman–Crippen MR) is 251 cm³/mol. The number of hydrogen-bond acceptors (Lipinski definition) is 2. The summed E-state index contributed by atoms with van der Waals surface area (Å²) in [5.74, 6) is 0. The van der Waals surface area contributed by atoms with Gasteiger partial charge >= 0.3 is 0 Å². The van der Waals surface area contributed by atoms with Crippen molar-refractivity contribution < 1.29 is 0 Å². The van der Waals surface area contributed by atoms with E-state index in [1.807, 2.05) is 18.2 Å². The third-order valence-corrected chi connectivity index (χ3v) is 12.1. The fraction of sp³-hybridized carbons (Fsp3) is 0.0702. The first-order valence-corrected chi connectivity index (χ1v) is 20.4. The first kappa shape index (κ1) is 36.1. The second-order valence-corrected chi connectivity index (χ2v) is 16.1. The number of allylic oxidation sites excluding steroid dienone is 1. The lowest BCUT2D eigenvalue weighted by molar-refractivity contribution is 0.668. The maximum Gasteiger partial charge on any atom is 0.0671 e. The van der Waals surface area contributed by atoms with Gasteiger partial charge in [-0.05, 0) is 94.9 Å². The van der Waals surface area contributed by atoms with E-state index in [9.17, 15) is 0 Å². The Morgan fingerprint density at radius 1 is 0.475 bits per heavy atom. The van der Waals surface area contributed by atoms with Crippen LogP contribution in [0.3, 0.4) is 0 Å². The summed E-state index contributed by atoms with van der Waals surface area (Å²) in [4.78, 5) is 5.16. The second-order valence-electron chi connectivity index (χ2n) is 16.1. The molecule has 2 heteroatoms. The van der Waals surface area contributed by atoms with Crippen LogP contribution in [0.15, 0.2) is 211 Å². The van der Waals surface area contributed by atoms with Crippen LogP contribution in [0, 0.1) is 0 Å². The summed E-state index contributed by atoms with van der Waals surface area (Å²) in [6.45, 7) is 5.32. The fourth-order valence-electron chi connectivity index (χ4n) is 9.31. The van der Waals surface area contributed by atoms with E-state index < -0.39 is 0 Å². The van der Waals surface area contributed by atoms with Crippen molar-refractivity contribution in [3.05, 3.63) is 234 Å². The molecule has 2 nitrogen and oxygen atoms in total. The zero-order chi connectivity index (χ0) is 39.9. The summed E-state index contributed by atoms with van der Waals surface area (Å²) in [6.07, 6.45) is 2.05. The lowest BCUT2D eigenvalue weighted by Gasteiger charge is -2.26. The minimum absolute atomic E-state index is 0.142. The molecule has 10 rings (SSSR count). The smallest absolute Gasteiger partial charge is 0.0671 e. The van der Waals surface area contributed by atoms with Gasteiger partial charge in [0.2, 0.25) is 0 Å². The molecule has 0 atom stereocenters. The van der Waals surface area contributed by atoms with E-state index in [-0.39, 0.29) is 5.41 Å². The first-order valence-electron chi connectivity index (χ1n) is 20.4. The molecule has 0 bridgehead atoms. The van der Waals surface area contributed by atoms with Crippen molar-refractivity contribution >= 4 is 33.0 Å². The number of aliphatic imine (C=N–C) groups is 1. The molecule has 59 heavy (non-hydrogen) atoms. The Kier molecular flexibility index (Phi) is 9.11. The molecule has 9 aromatic rings. The largest absolute Gasteiger partial charge is 0.398 e. The average molecular weight is 757 g/mol. The van der Waals surface area contributed by atoms with Crippen LogP contribution in [-0.2, 0) is 12.0 Å². The molecule has 9 aromatic carbocycles. The van der Waals surface area contributed by atoms with Crippen molar-refractivity contribution in [3.8, 4) is 44.5 Å². The van der Waals surface area contributed by atoms with Gasteiger partial charge in [0.05, 0.1) is 12.3 Å². The second kappa shape index (κ2) is 14.9. The minimum atomic E-state index is -0.142. The van der Waals surface area contributed by atoms with Gasteiger partial charge in [-0.25, -0.2) is 0 Å². The zero-order valence-electron chi connectivity index (χ0n) is 33.4. The van der Waals surface area contributed by atoms with Gasteiger partial charge in [0.25, 0.3) is 0 Å². The van der Waals surface area contributed by atoms with Crippen LogP contribution in [0.5, 0.6) is 0 Å². The topological polar surface area (TPSA) is 38.4 Å². The lowest BCUT2D eigenvalue weighted by Crippen LogP contribution is -2.16. The Labute approximate surface area is 346 Å². The molecule has 2 N–H and O–H groups in total. The van der Waals surface area contributed by atoms with Gasteiger partial charge in [0.1, 0.15) is 0 Å². The molecule has 0 spiro atoms. The standard InChI is InChI=1S/C57H44N2/c1-57(2)55-47(25-14-26-51(55)52-32-31-40-19-9-10-22-46(40)56(52)57)42-29-27-41(28-30-42)45-33-34-50(49-24-12-11-23-48(45)49)53(58)36-54(59-37-38-15-5-3-6-16-38)44-21-13-20-43(35-44)39-17-7-4-8-18-39/h3-36H,37,58H2,1-2H3/b53-36-,59-54?. The molecule has 0 amide bonds. The van der Waals surface area contributed by atoms with E-state index in [1.54, 1.807) is 0 Å². The highest BCUT2D eigenvalue weighted by atomic mass is 14.7. The van der Waals surface area contributed by atoms with E-state index in [2.05, 4.69) is 202 Å². The number of rotatable bonds is 8. The fourth-order valence-corrected chi connectivity index (χ4v) is 9.31. The maximum atomic E-state index is 7.10. The summed E-state index contributed by atoms with van der Waals surface area (Å²) in [7, 11) is 0. The van der Waals surface area contributed by atoms with E-state index in [0.717, 1.165) is 38.7 Å². The number of benzene rings is 9. The van der Waals surface area contributed by atoms with Gasteiger partial charge < -0.3 is 5.73 Å². The normalized spacial score (nSPS) is 13.4. The van der Waals surface area contributed by atoms with Gasteiger partial charge in [0, 0.05) is 22.2 Å². The van der Waals surface area contributed by atoms with Crippen LogP contribution in [0.2, 0.25) is 0 Å². The molecule has 0 fully saturated rings. The van der Waals surface area contributed by atoms with Crippen molar-refractivity contribution in [1.29, 1.82) is 0 Å². The average Bonchev–Trinajstić information content (AvgIpc) is 3.54. The lowest BCUT2D eigenvalue weighted by atomic mass is 9.77. The summed E-state index contributed by atoms with van der Waals surface area (Å²) in [5, 5.41) is 4.90. The first-order chi connectivity index (χ1) is 28.9. The van der Waals surface area contributed by atoms with Crippen LogP contribution in [-0.4, -0.2) is 5.71 Å². The van der Waals surface area contributed by atoms with Crippen molar-refractivity contribution in [2.24, 2.45) is 10.7 Å². The number of nitrogens with two attached hydrogens (primary N) is 1. The van der Waals surface area contributed by atoms with Crippen molar-refractivity contribution in [3.63, 3.8) is 0 Å². The molecule has 282 valence electrons. The Balaban J connectivity index is 1.01. The Morgan fingerprint density at radius 2 is 1.07 bits per heavy atom. The molecule has 1 aliphatic carbocycles. The molecule has 1 aliphatic rings. The van der Waals surface area contributed by atoms with Crippen LogP contribution in [0.25, 0.3) is 71.7 Å². The highest BCUT2D eigenvalue weighted by molar-refractivity contribution is 6.14. The van der Waals surface area contributed by atoms with E-state index >= 15 is 0 Å². The van der Waals surface area contributed by atoms with Gasteiger partial charge in [-0.3, -0.25) is 4.99 Å². The molecule has 0 radical (unpaired) electrons. The molecule has 0 saturated heterocycles. The van der Waals surface area contributed by atoms with Gasteiger partial charge in [-0.2, -0.15) is 0 Å². The SMILES string of the molecule is CC1(C)c2c(-c3ccc(-c4ccc(/C(N)=C/C(=NCc5ccccc5)c5cccc(-c6ccccc6)c5)c5ccccc45)cc3)cccc2-c2ccc3ccccc3c21. The predicted octanol–water partition coefficient (Wildman–Crippen LogP) is 14.3. The zero-order valence-corrected chi connectivity index (χ0v) is 33.4. The number of hydrogen-bond donors (Lipinski definition) is 1. The monoisotopic (exact) mass is 756 g/mol. The van der Waals surface area contributed by atoms with Crippen molar-refractivity contribution in [1.82, 2.24) is 0 Å². The molecule has 0 saturated carbocycles. The molecule has 0 aliphatic heterocycles. The third-order valence-electron chi connectivity index (χ3n) is 12.1. The highest BCUT2D eigenvalue weighted by Crippen LogP contribution is 2.54. The summed E-state index contributed by atoms with van der Waals surface area (Å²) >= 11 is 0. The third kappa shape index (κ3) is 6.53. The van der Waals surface area contributed by atoms with Crippen LogP contribution >= 0.6 is 0 Å². The van der Waals surface area contributed by atoms with Crippen LogP contribution in [0.1, 0.15) is 41.7 Å². The van der Waals surface area contributed by atoms with Crippen LogP contribution in [0.4, 0.5) is 0 Å². The minimum Gasteiger partial charge on any atom is -0.398 e.